The van der Waals surface area contributed by atoms with Crippen LogP contribution in [0.25, 0.3) is 0 Å². The van der Waals surface area contributed by atoms with Crippen molar-refractivity contribution in [1.29, 1.82) is 0 Å². The van der Waals surface area contributed by atoms with E-state index < -0.39 is 0 Å². The highest BCUT2D eigenvalue weighted by Gasteiger charge is 2.62. The van der Waals surface area contributed by atoms with Crippen molar-refractivity contribution in [2.75, 3.05) is 6.61 Å². The number of alkyl halides is 1. The second kappa shape index (κ2) is 2.16. The maximum Gasteiger partial charge on any atom is 0.310 e. The van der Waals surface area contributed by atoms with Gasteiger partial charge < -0.3 is 4.74 Å². The molecule has 0 spiro atoms. The van der Waals surface area contributed by atoms with Crippen molar-refractivity contribution in [1.82, 2.24) is 0 Å². The molecule has 1 saturated heterocycles. The molecule has 0 aromatic carbocycles. The van der Waals surface area contributed by atoms with Gasteiger partial charge in [0.25, 0.3) is 0 Å². The normalized spacial score (nSPS) is 55.8. The lowest BCUT2D eigenvalue weighted by Crippen LogP contribution is -2.33. The number of cyclic esters (lactones) is 1. The number of ether oxygens (including phenoxy) is 1. The Morgan fingerprint density at radius 1 is 1.58 bits per heavy atom. The molecule has 3 unspecified atom stereocenters. The second-order valence-electron chi connectivity index (χ2n) is 4.31. The van der Waals surface area contributed by atoms with Gasteiger partial charge in [0.1, 0.15) is 0 Å². The Bertz CT molecular complexity index is 253. The zero-order valence-corrected chi connectivity index (χ0v) is 8.91. The van der Waals surface area contributed by atoms with Gasteiger partial charge in [-0.3, -0.25) is 4.79 Å². The van der Waals surface area contributed by atoms with E-state index in [-0.39, 0.29) is 15.3 Å². The predicted octanol–water partition coefficient (Wildman–Crippen LogP) is 1.76. The minimum absolute atomic E-state index is 0.0802. The molecule has 1 aliphatic heterocycles. The van der Waals surface area contributed by atoms with Crippen LogP contribution in [-0.2, 0) is 9.53 Å². The standard InChI is InChI=1S/C9H11IO2/c10-9-2-1-5(3-9)6-4-12-8(11)7(6)9/h5-7H,1-4H2/t5?,6?,7?,9-/m1/s1. The zero-order valence-electron chi connectivity index (χ0n) is 6.75. The first-order valence-corrected chi connectivity index (χ1v) is 5.64. The molecule has 4 atom stereocenters. The molecule has 3 aliphatic rings. The molecular weight excluding hydrogens is 267 g/mol. The molecular formula is C9H11IO2. The van der Waals surface area contributed by atoms with Gasteiger partial charge in [-0.25, -0.2) is 0 Å². The van der Waals surface area contributed by atoms with Gasteiger partial charge in [-0.05, 0) is 25.2 Å². The Morgan fingerprint density at radius 3 is 3.17 bits per heavy atom. The molecule has 0 N–H and O–H groups in total. The lowest BCUT2D eigenvalue weighted by Gasteiger charge is -2.26. The summed E-state index contributed by atoms with van der Waals surface area (Å²) in [6.07, 6.45) is 3.81. The summed E-state index contributed by atoms with van der Waals surface area (Å²) in [6, 6.07) is 0. The van der Waals surface area contributed by atoms with E-state index in [0.29, 0.717) is 12.5 Å². The third-order valence-electron chi connectivity index (χ3n) is 3.80. The average Bonchev–Trinajstić information content (AvgIpc) is 2.61. The monoisotopic (exact) mass is 278 g/mol. The summed E-state index contributed by atoms with van der Waals surface area (Å²) >= 11 is 2.50. The predicted molar refractivity (Wildman–Crippen MR) is 52.0 cm³/mol. The smallest absolute Gasteiger partial charge is 0.310 e. The summed E-state index contributed by atoms with van der Waals surface area (Å²) in [7, 11) is 0. The average molecular weight is 278 g/mol. The number of hydrogen-bond acceptors (Lipinski definition) is 2. The fourth-order valence-corrected chi connectivity index (χ4v) is 4.85. The number of carbonyl (C=O) groups is 1. The van der Waals surface area contributed by atoms with Crippen molar-refractivity contribution < 1.29 is 9.53 Å². The Labute approximate surface area is 85.2 Å². The molecule has 1 heterocycles. The van der Waals surface area contributed by atoms with Crippen LogP contribution >= 0.6 is 22.6 Å². The largest absolute Gasteiger partial charge is 0.465 e. The van der Waals surface area contributed by atoms with Crippen molar-refractivity contribution in [3.05, 3.63) is 0 Å². The van der Waals surface area contributed by atoms with E-state index in [0.717, 1.165) is 5.92 Å². The minimum Gasteiger partial charge on any atom is -0.465 e. The van der Waals surface area contributed by atoms with Crippen LogP contribution in [0.5, 0.6) is 0 Å². The van der Waals surface area contributed by atoms with Crippen LogP contribution < -0.4 is 0 Å². The molecule has 0 aromatic heterocycles. The van der Waals surface area contributed by atoms with Gasteiger partial charge in [0.2, 0.25) is 0 Å². The highest BCUT2D eigenvalue weighted by molar-refractivity contribution is 14.1. The number of esters is 1. The Kier molecular flexibility index (Phi) is 1.37. The maximum atomic E-state index is 11.4. The van der Waals surface area contributed by atoms with Crippen LogP contribution in [0.1, 0.15) is 19.3 Å². The molecule has 0 radical (unpaired) electrons. The van der Waals surface area contributed by atoms with Gasteiger partial charge in [0.05, 0.1) is 12.5 Å². The van der Waals surface area contributed by atoms with Gasteiger partial charge in [0.15, 0.2) is 0 Å². The van der Waals surface area contributed by atoms with Crippen LogP contribution in [0, 0.1) is 17.8 Å². The van der Waals surface area contributed by atoms with Gasteiger partial charge >= 0.3 is 5.97 Å². The van der Waals surface area contributed by atoms with E-state index in [9.17, 15) is 4.79 Å². The molecule has 3 fully saturated rings. The summed E-state index contributed by atoms with van der Waals surface area (Å²) in [5.74, 6) is 1.69. The summed E-state index contributed by atoms with van der Waals surface area (Å²) in [5, 5.41) is 0. The molecule has 2 saturated carbocycles. The number of hydrogen-bond donors (Lipinski definition) is 0. The molecule has 2 bridgehead atoms. The zero-order chi connectivity index (χ0) is 8.34. The van der Waals surface area contributed by atoms with Crippen molar-refractivity contribution in [3.63, 3.8) is 0 Å². The van der Waals surface area contributed by atoms with E-state index in [1.165, 1.54) is 19.3 Å². The Morgan fingerprint density at radius 2 is 2.42 bits per heavy atom. The molecule has 2 aliphatic carbocycles. The molecule has 3 heteroatoms. The minimum atomic E-state index is 0.0802. The number of carbonyl (C=O) groups excluding carboxylic acids is 1. The van der Waals surface area contributed by atoms with Gasteiger partial charge in [-0.1, -0.05) is 22.6 Å². The van der Waals surface area contributed by atoms with Gasteiger partial charge in [-0.15, -0.1) is 0 Å². The fourth-order valence-electron chi connectivity index (χ4n) is 3.26. The SMILES string of the molecule is O=C1OCC2C3CC[C@@](I)(C3)C12. The molecule has 0 amide bonds. The maximum absolute atomic E-state index is 11.4. The Hall–Kier alpha value is 0.200. The molecule has 0 aromatic rings. The summed E-state index contributed by atoms with van der Waals surface area (Å²) in [4.78, 5) is 11.4. The van der Waals surface area contributed by atoms with E-state index >= 15 is 0 Å². The van der Waals surface area contributed by atoms with Crippen molar-refractivity contribution >= 4 is 28.6 Å². The third kappa shape index (κ3) is 0.738. The molecule has 3 rings (SSSR count). The van der Waals surface area contributed by atoms with Crippen molar-refractivity contribution in [2.24, 2.45) is 17.8 Å². The summed E-state index contributed by atoms with van der Waals surface area (Å²) in [6.45, 7) is 0.707. The van der Waals surface area contributed by atoms with Crippen LogP contribution in [0.3, 0.4) is 0 Å². The number of fused-ring (bicyclic) bond motifs is 5. The summed E-state index contributed by atoms with van der Waals surface area (Å²) < 4.78 is 5.40. The molecule has 2 nitrogen and oxygen atoms in total. The van der Waals surface area contributed by atoms with Gasteiger partial charge in [-0.2, -0.15) is 0 Å². The van der Waals surface area contributed by atoms with Crippen LogP contribution in [-0.4, -0.2) is 16.0 Å². The van der Waals surface area contributed by atoms with Gasteiger partial charge in [0, 0.05) is 9.34 Å². The molecule has 12 heavy (non-hydrogen) atoms. The van der Waals surface area contributed by atoms with E-state index in [1.807, 2.05) is 0 Å². The Balaban J connectivity index is 2.03. The van der Waals surface area contributed by atoms with E-state index in [4.69, 9.17) is 4.74 Å². The van der Waals surface area contributed by atoms with Crippen molar-refractivity contribution in [3.8, 4) is 0 Å². The number of rotatable bonds is 0. The number of halogens is 1. The topological polar surface area (TPSA) is 26.3 Å². The van der Waals surface area contributed by atoms with Crippen LogP contribution in [0.4, 0.5) is 0 Å². The molecule has 66 valence electrons. The third-order valence-corrected chi connectivity index (χ3v) is 5.45. The van der Waals surface area contributed by atoms with E-state index in [2.05, 4.69) is 22.6 Å². The van der Waals surface area contributed by atoms with Crippen molar-refractivity contribution in [2.45, 2.75) is 22.7 Å². The first-order chi connectivity index (χ1) is 5.71. The summed E-state index contributed by atoms with van der Waals surface area (Å²) in [5.41, 5.74) is 0. The fraction of sp³-hybridized carbons (Fsp3) is 0.889. The quantitative estimate of drug-likeness (QED) is 0.383. The first kappa shape index (κ1) is 7.59. The van der Waals surface area contributed by atoms with Crippen LogP contribution in [0.2, 0.25) is 0 Å². The highest BCUT2D eigenvalue weighted by Crippen LogP contribution is 2.61. The van der Waals surface area contributed by atoms with E-state index in [1.54, 1.807) is 0 Å². The first-order valence-electron chi connectivity index (χ1n) is 4.56. The lowest BCUT2D eigenvalue weighted by atomic mass is 9.81. The second-order valence-corrected chi connectivity index (χ2v) is 6.46. The highest BCUT2D eigenvalue weighted by atomic mass is 127. The lowest BCUT2D eigenvalue weighted by molar-refractivity contribution is -0.141. The van der Waals surface area contributed by atoms with Crippen LogP contribution in [0.15, 0.2) is 0 Å².